The summed E-state index contributed by atoms with van der Waals surface area (Å²) in [4.78, 5) is 14.5. The van der Waals surface area contributed by atoms with E-state index in [0.717, 1.165) is 0 Å². The van der Waals surface area contributed by atoms with Crippen LogP contribution in [0.25, 0.3) is 11.0 Å². The Bertz CT molecular complexity index is 1120. The largest absolute Gasteiger partial charge is 0.378 e. The number of sulfonamides is 1. The van der Waals surface area contributed by atoms with E-state index >= 15 is 0 Å². The van der Waals surface area contributed by atoms with Crippen LogP contribution in [0.2, 0.25) is 0 Å². The zero-order valence-electron chi connectivity index (χ0n) is 15.9. The SMILES string of the molecule is CCN(c1ccccc1)S(=O)(=O)c1ccc2onc(C(=O)N3CCOCC3)c2c1. The molecule has 0 atom stereocenters. The molecule has 1 amide bonds. The summed E-state index contributed by atoms with van der Waals surface area (Å²) in [6, 6.07) is 13.4. The number of rotatable bonds is 5. The number of benzene rings is 2. The average molecular weight is 415 g/mol. The highest BCUT2D eigenvalue weighted by Gasteiger charge is 2.28. The number of hydrogen-bond donors (Lipinski definition) is 0. The van der Waals surface area contributed by atoms with Gasteiger partial charge in [0.15, 0.2) is 11.3 Å². The minimum absolute atomic E-state index is 0.0786. The Labute approximate surface area is 168 Å². The van der Waals surface area contributed by atoms with Crippen molar-refractivity contribution in [1.82, 2.24) is 10.1 Å². The predicted octanol–water partition coefficient (Wildman–Crippen LogP) is 2.52. The van der Waals surface area contributed by atoms with Crippen LogP contribution in [0.1, 0.15) is 17.4 Å². The summed E-state index contributed by atoms with van der Waals surface area (Å²) in [5, 5.41) is 4.28. The van der Waals surface area contributed by atoms with Gasteiger partial charge in [-0.3, -0.25) is 9.10 Å². The van der Waals surface area contributed by atoms with E-state index in [1.165, 1.54) is 22.5 Å². The highest BCUT2D eigenvalue weighted by atomic mass is 32.2. The lowest BCUT2D eigenvalue weighted by Gasteiger charge is -2.26. The van der Waals surface area contributed by atoms with Crippen LogP contribution in [0.4, 0.5) is 5.69 Å². The van der Waals surface area contributed by atoms with Crippen LogP contribution in [0.3, 0.4) is 0 Å². The van der Waals surface area contributed by atoms with Gasteiger partial charge >= 0.3 is 0 Å². The molecule has 4 rings (SSSR count). The number of carbonyl (C=O) groups excluding carboxylic acids is 1. The first-order valence-corrected chi connectivity index (χ1v) is 10.8. The summed E-state index contributed by atoms with van der Waals surface area (Å²) in [6.45, 7) is 3.89. The third-order valence-electron chi connectivity index (χ3n) is 4.86. The van der Waals surface area contributed by atoms with Gasteiger partial charge in [-0.25, -0.2) is 8.42 Å². The van der Waals surface area contributed by atoms with Crippen molar-refractivity contribution in [3.8, 4) is 0 Å². The number of morpholine rings is 1. The molecule has 1 saturated heterocycles. The number of hydrogen-bond acceptors (Lipinski definition) is 6. The van der Waals surface area contributed by atoms with Gasteiger partial charge in [0.1, 0.15) is 0 Å². The molecule has 152 valence electrons. The average Bonchev–Trinajstić information content (AvgIpc) is 3.18. The second-order valence-electron chi connectivity index (χ2n) is 6.60. The Kier molecular flexibility index (Phi) is 5.25. The van der Waals surface area contributed by atoms with Crippen molar-refractivity contribution < 1.29 is 22.5 Å². The fourth-order valence-electron chi connectivity index (χ4n) is 3.36. The Morgan fingerprint density at radius 3 is 2.55 bits per heavy atom. The normalized spacial score (nSPS) is 14.9. The highest BCUT2D eigenvalue weighted by molar-refractivity contribution is 7.92. The van der Waals surface area contributed by atoms with Crippen LogP contribution in [-0.4, -0.2) is 57.2 Å². The Morgan fingerprint density at radius 1 is 1.14 bits per heavy atom. The van der Waals surface area contributed by atoms with Crippen LogP contribution in [0, 0.1) is 0 Å². The lowest BCUT2D eigenvalue weighted by Crippen LogP contribution is -2.40. The minimum Gasteiger partial charge on any atom is -0.378 e. The van der Waals surface area contributed by atoms with Gasteiger partial charge in [0.2, 0.25) is 0 Å². The number of carbonyl (C=O) groups is 1. The molecule has 0 unspecified atom stereocenters. The number of anilines is 1. The first-order valence-electron chi connectivity index (χ1n) is 9.36. The first-order chi connectivity index (χ1) is 14.0. The van der Waals surface area contributed by atoms with Crippen molar-refractivity contribution in [1.29, 1.82) is 0 Å². The molecule has 0 spiro atoms. The van der Waals surface area contributed by atoms with Crippen LogP contribution in [0.5, 0.6) is 0 Å². The van der Waals surface area contributed by atoms with Crippen molar-refractivity contribution in [2.45, 2.75) is 11.8 Å². The molecule has 2 heterocycles. The molecule has 2 aromatic carbocycles. The van der Waals surface area contributed by atoms with Crippen LogP contribution >= 0.6 is 0 Å². The van der Waals surface area contributed by atoms with E-state index in [4.69, 9.17) is 9.26 Å². The van der Waals surface area contributed by atoms with Crippen molar-refractivity contribution in [3.05, 3.63) is 54.2 Å². The second-order valence-corrected chi connectivity index (χ2v) is 8.46. The third kappa shape index (κ3) is 3.58. The van der Waals surface area contributed by atoms with E-state index in [1.807, 2.05) is 6.07 Å². The van der Waals surface area contributed by atoms with Crippen LogP contribution < -0.4 is 4.31 Å². The third-order valence-corrected chi connectivity index (χ3v) is 6.76. The standard InChI is InChI=1S/C20H21N3O5S/c1-2-23(15-6-4-3-5-7-15)29(25,26)16-8-9-18-17(14-16)19(21-28-18)20(24)22-10-12-27-13-11-22/h3-9,14H,2,10-13H2,1H3. The van der Waals surface area contributed by atoms with Gasteiger partial charge in [0, 0.05) is 19.6 Å². The van der Waals surface area contributed by atoms with E-state index in [9.17, 15) is 13.2 Å². The van der Waals surface area contributed by atoms with Gasteiger partial charge in [-0.1, -0.05) is 23.4 Å². The zero-order valence-corrected chi connectivity index (χ0v) is 16.8. The summed E-state index contributed by atoms with van der Waals surface area (Å²) in [5.74, 6) is -0.294. The maximum atomic E-state index is 13.3. The molecule has 8 nitrogen and oxygen atoms in total. The topological polar surface area (TPSA) is 93.0 Å². The fraction of sp³-hybridized carbons (Fsp3) is 0.300. The molecule has 1 aliphatic rings. The molecular formula is C20H21N3O5S. The Balaban J connectivity index is 1.74. The molecule has 0 N–H and O–H groups in total. The van der Waals surface area contributed by atoms with E-state index in [2.05, 4.69) is 5.16 Å². The summed E-state index contributed by atoms with van der Waals surface area (Å²) in [6.07, 6.45) is 0. The second kappa shape index (κ2) is 7.84. The van der Waals surface area contributed by atoms with Gasteiger partial charge in [-0.2, -0.15) is 0 Å². The lowest BCUT2D eigenvalue weighted by atomic mass is 10.2. The van der Waals surface area contributed by atoms with Crippen LogP contribution in [-0.2, 0) is 14.8 Å². The molecule has 1 aromatic heterocycles. The Morgan fingerprint density at radius 2 is 1.86 bits per heavy atom. The summed E-state index contributed by atoms with van der Waals surface area (Å²) in [5.41, 5.74) is 1.05. The molecule has 1 fully saturated rings. The molecule has 0 radical (unpaired) electrons. The van der Waals surface area contributed by atoms with Gasteiger partial charge in [-0.05, 0) is 37.3 Å². The van der Waals surface area contributed by atoms with E-state index in [-0.39, 0.29) is 23.0 Å². The molecular weight excluding hydrogens is 394 g/mol. The maximum Gasteiger partial charge on any atom is 0.276 e. The van der Waals surface area contributed by atoms with E-state index < -0.39 is 10.0 Å². The molecule has 0 aliphatic carbocycles. The number of fused-ring (bicyclic) bond motifs is 1. The van der Waals surface area contributed by atoms with Crippen molar-refractivity contribution in [2.75, 3.05) is 37.2 Å². The van der Waals surface area contributed by atoms with Crippen molar-refractivity contribution in [3.63, 3.8) is 0 Å². The smallest absolute Gasteiger partial charge is 0.276 e. The Hall–Kier alpha value is -2.91. The van der Waals surface area contributed by atoms with Gasteiger partial charge in [0.25, 0.3) is 15.9 Å². The summed E-state index contributed by atoms with van der Waals surface area (Å²) in [7, 11) is -3.82. The van der Waals surface area contributed by atoms with Crippen molar-refractivity contribution in [2.24, 2.45) is 0 Å². The monoisotopic (exact) mass is 415 g/mol. The van der Waals surface area contributed by atoms with Gasteiger partial charge in [-0.15, -0.1) is 0 Å². The highest BCUT2D eigenvalue weighted by Crippen LogP contribution is 2.28. The molecule has 29 heavy (non-hydrogen) atoms. The van der Waals surface area contributed by atoms with Gasteiger partial charge in [0.05, 0.1) is 29.2 Å². The predicted molar refractivity (Wildman–Crippen MR) is 107 cm³/mol. The quantitative estimate of drug-likeness (QED) is 0.636. The van der Waals surface area contributed by atoms with Crippen molar-refractivity contribution >= 4 is 32.6 Å². The summed E-state index contributed by atoms with van der Waals surface area (Å²) < 4.78 is 38.4. The number of ether oxygens (including phenoxy) is 1. The van der Waals surface area contributed by atoms with Gasteiger partial charge < -0.3 is 14.2 Å². The number of nitrogens with zero attached hydrogens (tertiary/aromatic N) is 3. The molecule has 1 aliphatic heterocycles. The molecule has 0 bridgehead atoms. The first kappa shape index (κ1) is 19.4. The number of aromatic nitrogens is 1. The van der Waals surface area contributed by atoms with Crippen LogP contribution in [0.15, 0.2) is 57.9 Å². The maximum absolute atomic E-state index is 13.3. The molecule has 3 aromatic rings. The molecule has 9 heteroatoms. The lowest BCUT2D eigenvalue weighted by molar-refractivity contribution is 0.0297. The summed E-state index contributed by atoms with van der Waals surface area (Å²) >= 11 is 0. The number of amides is 1. The molecule has 0 saturated carbocycles. The van der Waals surface area contributed by atoms with E-state index in [1.54, 1.807) is 36.1 Å². The zero-order chi connectivity index (χ0) is 20.4. The van der Waals surface area contributed by atoms with E-state index in [0.29, 0.717) is 43.0 Å². The number of para-hydroxylation sites is 1. The minimum atomic E-state index is -3.82. The fourth-order valence-corrected chi connectivity index (χ4v) is 4.86.